The lowest BCUT2D eigenvalue weighted by Gasteiger charge is -2.34. The molecule has 1 heterocycles. The zero-order chi connectivity index (χ0) is 18.1. The zero-order valence-corrected chi connectivity index (χ0v) is 18.6. The third kappa shape index (κ3) is 7.22. The van der Waals surface area contributed by atoms with Crippen molar-refractivity contribution in [3.8, 4) is 0 Å². The van der Waals surface area contributed by atoms with E-state index < -0.39 is 10.8 Å². The molecule has 0 aliphatic carbocycles. The van der Waals surface area contributed by atoms with Crippen LogP contribution in [0.5, 0.6) is 0 Å². The van der Waals surface area contributed by atoms with Crippen LogP contribution in [0.2, 0.25) is 0 Å². The Morgan fingerprint density at radius 3 is 2.50 bits per heavy atom. The third-order valence-corrected chi connectivity index (χ3v) is 5.83. The fourth-order valence-electron chi connectivity index (χ4n) is 2.99. The largest absolute Gasteiger partial charge is 0.359 e. The molecule has 146 valence electrons. The van der Waals surface area contributed by atoms with Crippen LogP contribution in [0.4, 0.5) is 0 Å². The van der Waals surface area contributed by atoms with Gasteiger partial charge in [0.2, 0.25) is 5.91 Å². The number of aliphatic imine (C=N–C) groups is 1. The smallest absolute Gasteiger partial charge is 0.220 e. The molecule has 1 fully saturated rings. The number of piperidine rings is 1. The van der Waals surface area contributed by atoms with Crippen molar-refractivity contribution >= 4 is 46.6 Å². The van der Waals surface area contributed by atoms with Crippen molar-refractivity contribution in [1.29, 1.82) is 0 Å². The van der Waals surface area contributed by atoms with Gasteiger partial charge in [-0.1, -0.05) is 18.2 Å². The highest BCUT2D eigenvalue weighted by Crippen LogP contribution is 2.20. The molecule has 1 aliphatic rings. The van der Waals surface area contributed by atoms with E-state index in [0.29, 0.717) is 24.6 Å². The number of benzene rings is 1. The van der Waals surface area contributed by atoms with E-state index in [1.54, 1.807) is 14.1 Å². The number of amides is 1. The maximum atomic E-state index is 12.2. The van der Waals surface area contributed by atoms with Crippen LogP contribution in [-0.4, -0.2) is 60.5 Å². The van der Waals surface area contributed by atoms with Crippen molar-refractivity contribution < 1.29 is 9.00 Å². The van der Waals surface area contributed by atoms with E-state index in [0.717, 1.165) is 36.8 Å². The molecule has 1 aromatic rings. The Labute approximate surface area is 175 Å². The first-order valence-electron chi connectivity index (χ1n) is 8.73. The van der Waals surface area contributed by atoms with Gasteiger partial charge in [0.15, 0.2) is 5.96 Å². The zero-order valence-electron chi connectivity index (χ0n) is 15.4. The summed E-state index contributed by atoms with van der Waals surface area (Å²) < 4.78 is 12.2. The van der Waals surface area contributed by atoms with E-state index >= 15 is 0 Å². The normalized spacial score (nSPS) is 16.5. The number of guanidine groups is 1. The highest BCUT2D eigenvalue weighted by molar-refractivity contribution is 14.0. The predicted octanol–water partition coefficient (Wildman–Crippen LogP) is 1.84. The van der Waals surface area contributed by atoms with E-state index in [-0.39, 0.29) is 29.9 Å². The summed E-state index contributed by atoms with van der Waals surface area (Å²) in [6.45, 7) is 2.40. The van der Waals surface area contributed by atoms with Crippen molar-refractivity contribution in [3.63, 3.8) is 0 Å². The van der Waals surface area contributed by atoms with E-state index in [4.69, 9.17) is 0 Å². The molecule has 0 radical (unpaired) electrons. The van der Waals surface area contributed by atoms with Crippen LogP contribution in [0.15, 0.2) is 40.2 Å². The Morgan fingerprint density at radius 1 is 1.27 bits per heavy atom. The Morgan fingerprint density at radius 2 is 1.92 bits per heavy atom. The fraction of sp³-hybridized carbons (Fsp3) is 0.556. The minimum atomic E-state index is -1.00. The van der Waals surface area contributed by atoms with Gasteiger partial charge in [-0.25, -0.2) is 0 Å². The number of halogens is 1. The minimum absolute atomic E-state index is 0. The topological polar surface area (TPSA) is 73.8 Å². The summed E-state index contributed by atoms with van der Waals surface area (Å²) in [4.78, 5) is 18.9. The fourth-order valence-corrected chi connectivity index (χ4v) is 3.97. The summed E-state index contributed by atoms with van der Waals surface area (Å²) in [6, 6.07) is 9.52. The summed E-state index contributed by atoms with van der Waals surface area (Å²) in [7, 11) is 2.45. The Bertz CT molecular complexity index is 604. The third-order valence-electron chi connectivity index (χ3n) is 4.46. The molecule has 1 aliphatic heterocycles. The van der Waals surface area contributed by atoms with Gasteiger partial charge in [0.05, 0.1) is 10.8 Å². The second-order valence-electron chi connectivity index (χ2n) is 6.14. The van der Waals surface area contributed by atoms with Crippen molar-refractivity contribution in [2.45, 2.75) is 24.2 Å². The summed E-state index contributed by atoms with van der Waals surface area (Å²) in [5.74, 6) is 1.96. The van der Waals surface area contributed by atoms with Crippen LogP contribution in [0, 0.1) is 5.92 Å². The number of carbonyl (C=O) groups is 1. The Hall–Kier alpha value is -1.16. The number of carbonyl (C=O) groups excluding carboxylic acids is 1. The summed E-state index contributed by atoms with van der Waals surface area (Å²) in [6.07, 6.45) is 2.58. The standard InChI is InChI=1S/C18H28N4O2S.HI/c1-19-17(23)14-15-8-11-22(12-9-15)18(20-2)21-10-13-25(24)16-6-4-3-5-7-16;/h3-7,15H,8-14H2,1-2H3,(H,19,23)(H,20,21);1H. The number of nitrogens with zero attached hydrogens (tertiary/aromatic N) is 2. The Balaban J connectivity index is 0.00000338. The molecule has 1 atom stereocenters. The van der Waals surface area contributed by atoms with Crippen LogP contribution in [-0.2, 0) is 15.6 Å². The lowest BCUT2D eigenvalue weighted by molar-refractivity contribution is -0.121. The molecule has 0 spiro atoms. The highest BCUT2D eigenvalue weighted by atomic mass is 127. The second kappa shape index (κ2) is 12.3. The highest BCUT2D eigenvalue weighted by Gasteiger charge is 2.23. The summed E-state index contributed by atoms with van der Waals surface area (Å²) in [5.41, 5.74) is 0. The maximum absolute atomic E-state index is 12.2. The summed E-state index contributed by atoms with van der Waals surface area (Å²) >= 11 is 0. The van der Waals surface area contributed by atoms with Crippen molar-refractivity contribution in [3.05, 3.63) is 30.3 Å². The van der Waals surface area contributed by atoms with Crippen LogP contribution < -0.4 is 10.6 Å². The molecule has 1 aromatic carbocycles. The molecule has 26 heavy (non-hydrogen) atoms. The van der Waals surface area contributed by atoms with Gasteiger partial charge in [-0.3, -0.25) is 14.0 Å². The van der Waals surface area contributed by atoms with Gasteiger partial charge < -0.3 is 15.5 Å². The first-order chi connectivity index (χ1) is 12.1. The van der Waals surface area contributed by atoms with E-state index in [9.17, 15) is 9.00 Å². The van der Waals surface area contributed by atoms with E-state index in [1.165, 1.54) is 0 Å². The monoisotopic (exact) mass is 492 g/mol. The number of rotatable bonds is 6. The van der Waals surface area contributed by atoms with Crippen LogP contribution in [0.3, 0.4) is 0 Å². The molecule has 1 amide bonds. The molecule has 2 N–H and O–H groups in total. The van der Waals surface area contributed by atoms with Gasteiger partial charge in [0.25, 0.3) is 0 Å². The van der Waals surface area contributed by atoms with E-state index in [2.05, 4.69) is 20.5 Å². The number of likely N-dealkylation sites (tertiary alicyclic amines) is 1. The molecule has 8 heteroatoms. The second-order valence-corrected chi connectivity index (χ2v) is 7.72. The predicted molar refractivity (Wildman–Crippen MR) is 117 cm³/mol. The quantitative estimate of drug-likeness (QED) is 0.361. The van der Waals surface area contributed by atoms with Crippen molar-refractivity contribution in [2.24, 2.45) is 10.9 Å². The minimum Gasteiger partial charge on any atom is -0.359 e. The van der Waals surface area contributed by atoms with Gasteiger partial charge in [-0.15, -0.1) is 24.0 Å². The number of hydrogen-bond acceptors (Lipinski definition) is 3. The van der Waals surface area contributed by atoms with Crippen LogP contribution in [0.25, 0.3) is 0 Å². The lowest BCUT2D eigenvalue weighted by atomic mass is 9.93. The van der Waals surface area contributed by atoms with Crippen LogP contribution >= 0.6 is 24.0 Å². The van der Waals surface area contributed by atoms with Gasteiger partial charge in [0, 0.05) is 50.8 Å². The van der Waals surface area contributed by atoms with Gasteiger partial charge in [0.1, 0.15) is 0 Å². The molecule has 0 aromatic heterocycles. The Kier molecular flexibility index (Phi) is 10.8. The van der Waals surface area contributed by atoms with E-state index in [1.807, 2.05) is 30.3 Å². The molecule has 1 unspecified atom stereocenters. The van der Waals surface area contributed by atoms with Gasteiger partial charge in [-0.05, 0) is 30.9 Å². The van der Waals surface area contributed by atoms with Crippen LogP contribution in [0.1, 0.15) is 19.3 Å². The number of hydrogen-bond donors (Lipinski definition) is 2. The average molecular weight is 492 g/mol. The van der Waals surface area contributed by atoms with Gasteiger partial charge in [-0.2, -0.15) is 0 Å². The molecular formula is C18H29IN4O2S. The molecular weight excluding hydrogens is 463 g/mol. The molecule has 2 rings (SSSR count). The first kappa shape index (κ1) is 22.9. The first-order valence-corrected chi connectivity index (χ1v) is 10.1. The SMILES string of the molecule is CN=C(NCCS(=O)c1ccccc1)N1CCC(CC(=O)NC)CC1.I. The lowest BCUT2D eigenvalue weighted by Crippen LogP contribution is -2.46. The molecule has 6 nitrogen and oxygen atoms in total. The average Bonchev–Trinajstić information content (AvgIpc) is 2.66. The van der Waals surface area contributed by atoms with Crippen molar-refractivity contribution in [2.75, 3.05) is 39.5 Å². The molecule has 0 saturated carbocycles. The maximum Gasteiger partial charge on any atom is 0.220 e. The van der Waals surface area contributed by atoms with Crippen molar-refractivity contribution in [1.82, 2.24) is 15.5 Å². The summed E-state index contributed by atoms with van der Waals surface area (Å²) in [5, 5.41) is 6.00. The number of nitrogens with one attached hydrogen (secondary N) is 2. The molecule has 0 bridgehead atoms. The molecule has 1 saturated heterocycles. The van der Waals surface area contributed by atoms with Gasteiger partial charge >= 0.3 is 0 Å².